The van der Waals surface area contributed by atoms with E-state index in [9.17, 15) is 9.90 Å². The van der Waals surface area contributed by atoms with Crippen molar-refractivity contribution in [2.75, 3.05) is 0 Å². The van der Waals surface area contributed by atoms with Crippen molar-refractivity contribution in [3.63, 3.8) is 0 Å². The molecular weight excluding hydrogens is 324 g/mol. The first-order chi connectivity index (χ1) is 11.0. The van der Waals surface area contributed by atoms with Gasteiger partial charge in [0, 0.05) is 6.54 Å². The van der Waals surface area contributed by atoms with Gasteiger partial charge in [-0.25, -0.2) is 0 Å². The van der Waals surface area contributed by atoms with Gasteiger partial charge in [0.05, 0.1) is 11.6 Å². The van der Waals surface area contributed by atoms with Gasteiger partial charge in [-0.05, 0) is 28.7 Å². The van der Waals surface area contributed by atoms with Crippen LogP contribution in [0, 0.1) is 17.2 Å². The van der Waals surface area contributed by atoms with Crippen LogP contribution in [0.4, 0.5) is 0 Å². The molecule has 0 aromatic heterocycles. The maximum atomic E-state index is 11.2. The normalized spacial score (nSPS) is 11.4. The third-order valence-electron chi connectivity index (χ3n) is 3.77. The zero-order valence-electron chi connectivity index (χ0n) is 13.7. The Balaban J connectivity index is 0.00000288. The predicted molar refractivity (Wildman–Crippen MR) is 96.9 cm³/mol. The number of benzene rings is 2. The highest BCUT2D eigenvalue weighted by Crippen LogP contribution is 2.23. The Morgan fingerprint density at radius 2 is 1.79 bits per heavy atom. The van der Waals surface area contributed by atoms with Gasteiger partial charge in [-0.1, -0.05) is 56.3 Å². The van der Waals surface area contributed by atoms with E-state index in [1.54, 1.807) is 6.07 Å². The van der Waals surface area contributed by atoms with Crippen molar-refractivity contribution in [3.8, 4) is 17.2 Å². The first-order valence-electron chi connectivity index (χ1n) is 7.57. The van der Waals surface area contributed by atoms with Gasteiger partial charge in [0.15, 0.2) is 0 Å². The monoisotopic (exact) mass is 344 g/mol. The molecule has 0 aliphatic rings. The van der Waals surface area contributed by atoms with E-state index in [2.05, 4.69) is 11.4 Å². The molecule has 126 valence electrons. The molecule has 0 aliphatic heterocycles. The van der Waals surface area contributed by atoms with E-state index in [-0.39, 0.29) is 18.3 Å². The fraction of sp³-hybridized carbons (Fsp3) is 0.263. The third kappa shape index (κ3) is 4.82. The largest absolute Gasteiger partial charge is 0.480 e. The summed E-state index contributed by atoms with van der Waals surface area (Å²) < 4.78 is 0. The number of halogens is 1. The molecule has 24 heavy (non-hydrogen) atoms. The van der Waals surface area contributed by atoms with Crippen molar-refractivity contribution in [1.82, 2.24) is 5.32 Å². The Bertz CT molecular complexity index is 721. The van der Waals surface area contributed by atoms with Gasteiger partial charge < -0.3 is 10.4 Å². The van der Waals surface area contributed by atoms with Gasteiger partial charge in [0.25, 0.3) is 0 Å². The van der Waals surface area contributed by atoms with Crippen LogP contribution in [0.25, 0.3) is 11.1 Å². The second kappa shape index (κ2) is 9.07. The fourth-order valence-corrected chi connectivity index (χ4v) is 2.47. The lowest BCUT2D eigenvalue weighted by atomic mass is 9.99. The molecule has 0 heterocycles. The van der Waals surface area contributed by atoms with Gasteiger partial charge in [-0.2, -0.15) is 5.26 Å². The first kappa shape index (κ1) is 19.7. The number of nitrogens with one attached hydrogen (secondary N) is 1. The van der Waals surface area contributed by atoms with Crippen LogP contribution >= 0.6 is 12.4 Å². The summed E-state index contributed by atoms with van der Waals surface area (Å²) in [7, 11) is 0. The number of carbonyl (C=O) groups is 1. The van der Waals surface area contributed by atoms with Gasteiger partial charge >= 0.3 is 5.97 Å². The second-order valence-corrected chi connectivity index (χ2v) is 5.80. The molecule has 0 unspecified atom stereocenters. The Morgan fingerprint density at radius 3 is 2.33 bits per heavy atom. The molecule has 0 spiro atoms. The highest BCUT2D eigenvalue weighted by molar-refractivity contribution is 5.85. The molecule has 1 atom stereocenters. The molecule has 5 heteroatoms. The number of rotatable bonds is 6. The van der Waals surface area contributed by atoms with Gasteiger partial charge in [0.1, 0.15) is 6.04 Å². The number of nitriles is 1. The molecule has 0 aliphatic carbocycles. The molecule has 2 rings (SSSR count). The Morgan fingerprint density at radius 1 is 1.17 bits per heavy atom. The summed E-state index contributed by atoms with van der Waals surface area (Å²) in [5.41, 5.74) is 3.53. The molecule has 0 saturated carbocycles. The number of hydrogen-bond donors (Lipinski definition) is 2. The van der Waals surface area contributed by atoms with Crippen molar-refractivity contribution in [3.05, 3.63) is 59.7 Å². The SMILES string of the molecule is CC(C)[C@H](NCc1ccc(-c2ccccc2C#N)cc1)C(=O)O.Cl. The fourth-order valence-electron chi connectivity index (χ4n) is 2.47. The molecular formula is C19H21ClN2O2. The minimum atomic E-state index is -0.834. The van der Waals surface area contributed by atoms with Gasteiger partial charge in [-0.3, -0.25) is 4.79 Å². The Hall–Kier alpha value is -2.35. The van der Waals surface area contributed by atoms with E-state index in [1.165, 1.54) is 0 Å². The van der Waals surface area contributed by atoms with Crippen molar-refractivity contribution < 1.29 is 9.90 Å². The maximum absolute atomic E-state index is 11.2. The molecule has 2 N–H and O–H groups in total. The highest BCUT2D eigenvalue weighted by Gasteiger charge is 2.20. The molecule has 0 fully saturated rings. The van der Waals surface area contributed by atoms with E-state index in [4.69, 9.17) is 5.26 Å². The summed E-state index contributed by atoms with van der Waals surface area (Å²) in [6.45, 7) is 4.26. The number of carboxylic acids is 1. The Labute approximate surface area is 148 Å². The van der Waals surface area contributed by atoms with Crippen LogP contribution < -0.4 is 5.32 Å². The smallest absolute Gasteiger partial charge is 0.320 e. The lowest BCUT2D eigenvalue weighted by Gasteiger charge is -2.18. The lowest BCUT2D eigenvalue weighted by molar-refractivity contribution is -0.140. The predicted octanol–water partition coefficient (Wildman–Crippen LogP) is 3.85. The van der Waals surface area contributed by atoms with Gasteiger partial charge in [-0.15, -0.1) is 12.4 Å². The van der Waals surface area contributed by atoms with E-state index in [0.717, 1.165) is 16.7 Å². The Kier molecular flexibility index (Phi) is 7.44. The average Bonchev–Trinajstić information content (AvgIpc) is 2.55. The minimum Gasteiger partial charge on any atom is -0.480 e. The van der Waals surface area contributed by atoms with Crippen LogP contribution in [0.5, 0.6) is 0 Å². The number of nitrogens with zero attached hydrogens (tertiary/aromatic N) is 1. The summed E-state index contributed by atoms with van der Waals surface area (Å²) in [5.74, 6) is -0.811. The van der Waals surface area contributed by atoms with Crippen LogP contribution in [-0.4, -0.2) is 17.1 Å². The van der Waals surface area contributed by atoms with Crippen molar-refractivity contribution >= 4 is 18.4 Å². The number of hydrogen-bond acceptors (Lipinski definition) is 3. The van der Waals surface area contributed by atoms with E-state index in [0.29, 0.717) is 12.1 Å². The summed E-state index contributed by atoms with van der Waals surface area (Å²) in [6.07, 6.45) is 0. The van der Waals surface area contributed by atoms with Crippen LogP contribution in [0.2, 0.25) is 0 Å². The quantitative estimate of drug-likeness (QED) is 0.834. The van der Waals surface area contributed by atoms with Crippen molar-refractivity contribution in [1.29, 1.82) is 5.26 Å². The van der Waals surface area contributed by atoms with Crippen LogP contribution in [-0.2, 0) is 11.3 Å². The molecule has 0 amide bonds. The number of carboxylic acid groups (broad SMARTS) is 1. The summed E-state index contributed by atoms with van der Waals surface area (Å²) in [6, 6.07) is 16.9. The molecule has 0 radical (unpaired) electrons. The summed E-state index contributed by atoms with van der Waals surface area (Å²) in [5, 5.41) is 21.4. The zero-order valence-corrected chi connectivity index (χ0v) is 14.5. The maximum Gasteiger partial charge on any atom is 0.320 e. The van der Waals surface area contributed by atoms with Crippen LogP contribution in [0.1, 0.15) is 25.0 Å². The van der Waals surface area contributed by atoms with Gasteiger partial charge in [0.2, 0.25) is 0 Å². The zero-order chi connectivity index (χ0) is 16.8. The van der Waals surface area contributed by atoms with Crippen LogP contribution in [0.15, 0.2) is 48.5 Å². The first-order valence-corrected chi connectivity index (χ1v) is 7.57. The lowest BCUT2D eigenvalue weighted by Crippen LogP contribution is -2.40. The van der Waals surface area contributed by atoms with E-state index < -0.39 is 12.0 Å². The second-order valence-electron chi connectivity index (χ2n) is 5.80. The summed E-state index contributed by atoms with van der Waals surface area (Å²) in [4.78, 5) is 11.2. The number of aliphatic carboxylic acids is 1. The standard InChI is InChI=1S/C19H20N2O2.ClH/c1-13(2)18(19(22)23)21-12-14-7-9-15(10-8-14)17-6-4-3-5-16(17)11-20;/h3-10,13,18,21H,12H2,1-2H3,(H,22,23);1H/t18-;/m0./s1. The molecule has 0 bridgehead atoms. The van der Waals surface area contributed by atoms with E-state index in [1.807, 2.05) is 56.3 Å². The van der Waals surface area contributed by atoms with Crippen LogP contribution in [0.3, 0.4) is 0 Å². The highest BCUT2D eigenvalue weighted by atomic mass is 35.5. The molecule has 2 aromatic rings. The summed E-state index contributed by atoms with van der Waals surface area (Å²) >= 11 is 0. The third-order valence-corrected chi connectivity index (χ3v) is 3.77. The average molecular weight is 345 g/mol. The minimum absolute atomic E-state index is 0. The van der Waals surface area contributed by atoms with Crippen molar-refractivity contribution in [2.45, 2.75) is 26.4 Å². The molecule has 2 aromatic carbocycles. The van der Waals surface area contributed by atoms with Crippen molar-refractivity contribution in [2.24, 2.45) is 5.92 Å². The topological polar surface area (TPSA) is 73.1 Å². The molecule has 4 nitrogen and oxygen atoms in total. The molecule has 0 saturated heterocycles. The van der Waals surface area contributed by atoms with E-state index >= 15 is 0 Å².